The zero-order chi connectivity index (χ0) is 18.5. The van der Waals surface area contributed by atoms with Gasteiger partial charge in [0, 0.05) is 6.42 Å². The van der Waals surface area contributed by atoms with Crippen molar-refractivity contribution in [3.8, 4) is 5.75 Å². The van der Waals surface area contributed by atoms with Gasteiger partial charge in [-0.05, 0) is 22.8 Å². The number of nitrogens with zero attached hydrogens (tertiary/aromatic N) is 1. The Morgan fingerprint density at radius 2 is 1.96 bits per heavy atom. The average molecular weight is 352 g/mol. The van der Waals surface area contributed by atoms with Crippen LogP contribution in [0.4, 0.5) is 0 Å². The van der Waals surface area contributed by atoms with Crippen LogP contribution in [-0.2, 0) is 6.42 Å². The fraction of sp³-hybridized carbons (Fsp3) is 0.250. The molecule has 6 nitrogen and oxygen atoms in total. The number of carboxylic acids is 1. The minimum Gasteiger partial charge on any atom is -0.486 e. The van der Waals surface area contributed by atoms with Crippen molar-refractivity contribution in [2.75, 3.05) is 6.61 Å². The number of rotatable bonds is 7. The fourth-order valence-electron chi connectivity index (χ4n) is 2.82. The summed E-state index contributed by atoms with van der Waals surface area (Å²) in [4.78, 5) is 30.6. The van der Waals surface area contributed by atoms with E-state index >= 15 is 0 Å². The molecule has 0 saturated heterocycles. The lowest BCUT2D eigenvalue weighted by Crippen LogP contribution is -2.21. The van der Waals surface area contributed by atoms with Gasteiger partial charge in [0.25, 0.3) is 5.56 Å². The van der Waals surface area contributed by atoms with E-state index in [4.69, 9.17) is 4.74 Å². The molecule has 0 bridgehead atoms. The van der Waals surface area contributed by atoms with Gasteiger partial charge in [-0.2, -0.15) is 0 Å². The number of aromatic amines is 1. The fourth-order valence-corrected chi connectivity index (χ4v) is 2.82. The number of carbonyl (C=O) groups is 1. The first-order chi connectivity index (χ1) is 12.6. The lowest BCUT2D eigenvalue weighted by atomic mass is 10.0. The highest BCUT2D eigenvalue weighted by Crippen LogP contribution is 2.21. The molecule has 0 radical (unpaired) electrons. The van der Waals surface area contributed by atoms with E-state index in [0.29, 0.717) is 12.2 Å². The van der Waals surface area contributed by atoms with Gasteiger partial charge in [-0.1, -0.05) is 55.8 Å². The Hall–Kier alpha value is -3.15. The molecule has 0 saturated carbocycles. The minimum absolute atomic E-state index is 0.229. The molecule has 26 heavy (non-hydrogen) atoms. The van der Waals surface area contributed by atoms with E-state index in [2.05, 4.69) is 9.97 Å². The van der Waals surface area contributed by atoms with Crippen LogP contribution in [0, 0.1) is 0 Å². The summed E-state index contributed by atoms with van der Waals surface area (Å²) in [6.07, 6.45) is 1.94. The van der Waals surface area contributed by atoms with Crippen LogP contribution in [0.1, 0.15) is 41.6 Å². The molecule has 0 aliphatic rings. The molecule has 1 aromatic heterocycles. The molecule has 0 unspecified atom stereocenters. The van der Waals surface area contributed by atoms with Gasteiger partial charge >= 0.3 is 5.97 Å². The third-order valence-corrected chi connectivity index (χ3v) is 4.11. The number of aromatic nitrogens is 2. The van der Waals surface area contributed by atoms with E-state index in [-0.39, 0.29) is 18.1 Å². The van der Waals surface area contributed by atoms with E-state index in [9.17, 15) is 14.7 Å². The smallest absolute Gasteiger partial charge is 0.358 e. The van der Waals surface area contributed by atoms with Crippen molar-refractivity contribution >= 4 is 16.7 Å². The summed E-state index contributed by atoms with van der Waals surface area (Å²) in [5.41, 5.74) is 0.0473. The number of carboxylic acid groups (broad SMARTS) is 1. The summed E-state index contributed by atoms with van der Waals surface area (Å²) in [7, 11) is 0. The number of H-pyrrole nitrogens is 1. The Morgan fingerprint density at radius 1 is 1.19 bits per heavy atom. The molecular formula is C20H20N2O4. The number of fused-ring (bicyclic) bond motifs is 1. The molecule has 2 N–H and O–H groups in total. The van der Waals surface area contributed by atoms with Crippen molar-refractivity contribution in [3.05, 3.63) is 69.9 Å². The molecule has 2 aromatic carbocycles. The Morgan fingerprint density at radius 3 is 2.73 bits per heavy atom. The predicted octanol–water partition coefficient (Wildman–Crippen LogP) is 3.39. The van der Waals surface area contributed by atoms with Crippen LogP contribution in [0.3, 0.4) is 0 Å². The standard InChI is InChI=1S/C20H20N2O4/c1-2-3-11-26-18-17(20(24)25)21-16(22-19(18)23)12-14-9-6-8-13-7-4-5-10-15(13)14/h4-10H,2-3,11-12H2,1H3,(H,24,25)(H,21,22,23). The van der Waals surface area contributed by atoms with Gasteiger partial charge in [0.2, 0.25) is 5.75 Å². The monoisotopic (exact) mass is 352 g/mol. The van der Waals surface area contributed by atoms with Crippen LogP contribution in [0.25, 0.3) is 10.8 Å². The van der Waals surface area contributed by atoms with Crippen LogP contribution in [0.5, 0.6) is 5.75 Å². The maximum atomic E-state index is 12.3. The van der Waals surface area contributed by atoms with Crippen molar-refractivity contribution in [1.29, 1.82) is 0 Å². The predicted molar refractivity (Wildman–Crippen MR) is 99.0 cm³/mol. The number of aromatic carboxylic acids is 1. The Balaban J connectivity index is 1.98. The normalized spacial score (nSPS) is 10.8. The average Bonchev–Trinajstić information content (AvgIpc) is 2.63. The van der Waals surface area contributed by atoms with Crippen molar-refractivity contribution in [2.45, 2.75) is 26.2 Å². The number of nitrogens with one attached hydrogen (secondary N) is 1. The minimum atomic E-state index is -1.28. The number of hydrogen-bond acceptors (Lipinski definition) is 4. The number of benzene rings is 2. The van der Waals surface area contributed by atoms with Crippen LogP contribution in [0.15, 0.2) is 47.3 Å². The Labute approximate surface area is 150 Å². The van der Waals surface area contributed by atoms with Gasteiger partial charge in [-0.25, -0.2) is 9.78 Å². The SMILES string of the molecule is CCCCOc1c(C(=O)O)nc(Cc2cccc3ccccc23)[nH]c1=O. The van der Waals surface area contributed by atoms with E-state index in [1.807, 2.05) is 49.4 Å². The first kappa shape index (κ1) is 17.7. The van der Waals surface area contributed by atoms with Gasteiger partial charge in [0.15, 0.2) is 5.69 Å². The first-order valence-corrected chi connectivity index (χ1v) is 8.56. The van der Waals surface area contributed by atoms with Gasteiger partial charge in [0.1, 0.15) is 5.82 Å². The van der Waals surface area contributed by atoms with Crippen LogP contribution in [0.2, 0.25) is 0 Å². The summed E-state index contributed by atoms with van der Waals surface area (Å²) in [5, 5.41) is 11.5. The van der Waals surface area contributed by atoms with Gasteiger partial charge in [-0.3, -0.25) is 4.79 Å². The van der Waals surface area contributed by atoms with Gasteiger partial charge in [0.05, 0.1) is 6.61 Å². The van der Waals surface area contributed by atoms with Crippen molar-refractivity contribution in [1.82, 2.24) is 9.97 Å². The van der Waals surface area contributed by atoms with E-state index in [0.717, 1.165) is 29.2 Å². The van der Waals surface area contributed by atoms with E-state index in [1.165, 1.54) is 0 Å². The maximum Gasteiger partial charge on any atom is 0.358 e. The highest BCUT2D eigenvalue weighted by Gasteiger charge is 2.19. The molecule has 0 amide bonds. The third kappa shape index (κ3) is 3.74. The lowest BCUT2D eigenvalue weighted by molar-refractivity contribution is 0.0684. The lowest BCUT2D eigenvalue weighted by Gasteiger charge is -2.10. The topological polar surface area (TPSA) is 92.3 Å². The summed E-state index contributed by atoms with van der Waals surface area (Å²) in [6, 6.07) is 13.8. The summed E-state index contributed by atoms with van der Waals surface area (Å²) < 4.78 is 5.36. The van der Waals surface area contributed by atoms with Crippen LogP contribution >= 0.6 is 0 Å². The second kappa shape index (κ2) is 7.82. The Kier molecular flexibility index (Phi) is 5.31. The van der Waals surface area contributed by atoms with E-state index < -0.39 is 11.5 Å². The largest absolute Gasteiger partial charge is 0.486 e. The van der Waals surface area contributed by atoms with Crippen molar-refractivity contribution in [3.63, 3.8) is 0 Å². The quantitative estimate of drug-likeness (QED) is 0.636. The van der Waals surface area contributed by atoms with Gasteiger partial charge in [-0.15, -0.1) is 0 Å². The maximum absolute atomic E-state index is 12.3. The highest BCUT2D eigenvalue weighted by atomic mass is 16.5. The molecule has 3 aromatic rings. The summed E-state index contributed by atoms with van der Waals surface area (Å²) in [6.45, 7) is 2.27. The van der Waals surface area contributed by atoms with Crippen molar-refractivity contribution in [2.24, 2.45) is 0 Å². The number of hydrogen-bond donors (Lipinski definition) is 2. The molecule has 6 heteroatoms. The second-order valence-electron chi connectivity index (χ2n) is 6.01. The first-order valence-electron chi connectivity index (χ1n) is 8.56. The molecule has 0 spiro atoms. The summed E-state index contributed by atoms with van der Waals surface area (Å²) in [5.74, 6) is -1.21. The number of unbranched alkanes of at least 4 members (excludes halogenated alkanes) is 1. The highest BCUT2D eigenvalue weighted by molar-refractivity contribution is 5.88. The van der Waals surface area contributed by atoms with Crippen molar-refractivity contribution < 1.29 is 14.6 Å². The number of ether oxygens (including phenoxy) is 1. The van der Waals surface area contributed by atoms with Gasteiger partial charge < -0.3 is 14.8 Å². The Bertz CT molecular complexity index is 989. The zero-order valence-corrected chi connectivity index (χ0v) is 14.5. The molecule has 0 aliphatic heterocycles. The molecule has 0 fully saturated rings. The molecule has 134 valence electrons. The molecular weight excluding hydrogens is 332 g/mol. The second-order valence-corrected chi connectivity index (χ2v) is 6.01. The molecule has 0 atom stereocenters. The zero-order valence-electron chi connectivity index (χ0n) is 14.5. The van der Waals surface area contributed by atoms with Crippen LogP contribution < -0.4 is 10.3 Å². The summed E-state index contributed by atoms with van der Waals surface area (Å²) >= 11 is 0. The molecule has 1 heterocycles. The van der Waals surface area contributed by atoms with Crippen LogP contribution in [-0.4, -0.2) is 27.7 Å². The third-order valence-electron chi connectivity index (χ3n) is 4.11. The molecule has 3 rings (SSSR count). The molecule has 0 aliphatic carbocycles. The van der Waals surface area contributed by atoms with E-state index in [1.54, 1.807) is 0 Å².